The van der Waals surface area contributed by atoms with Crippen molar-refractivity contribution in [3.8, 4) is 0 Å². The Bertz CT molecular complexity index is 525. The number of amides is 2. The highest BCUT2D eigenvalue weighted by molar-refractivity contribution is 7.09. The van der Waals surface area contributed by atoms with Crippen molar-refractivity contribution in [1.82, 2.24) is 15.2 Å². The van der Waals surface area contributed by atoms with E-state index in [-0.39, 0.29) is 6.03 Å². The van der Waals surface area contributed by atoms with Gasteiger partial charge in [-0.05, 0) is 44.4 Å². The molecule has 4 rings (SSSR count). The van der Waals surface area contributed by atoms with Crippen LogP contribution in [0, 0.1) is 5.92 Å². The Hall–Kier alpha value is -1.10. The Labute approximate surface area is 129 Å². The molecular weight excluding hydrogens is 282 g/mol. The molecule has 0 unspecified atom stereocenters. The number of hydrogen-bond acceptors (Lipinski definition) is 3. The van der Waals surface area contributed by atoms with Crippen LogP contribution in [0.2, 0.25) is 0 Å². The van der Waals surface area contributed by atoms with E-state index in [1.165, 1.54) is 43.5 Å². The summed E-state index contributed by atoms with van der Waals surface area (Å²) in [6.45, 7) is 1.51. The predicted octanol–water partition coefficient (Wildman–Crippen LogP) is 3.49. The fraction of sp³-hybridized carbons (Fsp3) is 0.750. The number of hydrogen-bond donors (Lipinski definition) is 1. The minimum Gasteiger partial charge on any atom is -0.332 e. The van der Waals surface area contributed by atoms with Gasteiger partial charge >= 0.3 is 6.03 Å². The summed E-state index contributed by atoms with van der Waals surface area (Å²) in [5, 5.41) is 6.44. The molecule has 1 aliphatic heterocycles. The number of thiazole rings is 1. The number of nitrogens with one attached hydrogen (secondary N) is 1. The second-order valence-electron chi connectivity index (χ2n) is 6.70. The van der Waals surface area contributed by atoms with Crippen LogP contribution in [0.3, 0.4) is 0 Å². The Morgan fingerprint density at radius 3 is 3.00 bits per heavy atom. The average Bonchev–Trinajstić information content (AvgIpc) is 3.06. The first-order valence-electron chi connectivity index (χ1n) is 8.30. The molecule has 0 spiro atoms. The average molecular weight is 305 g/mol. The number of piperidine rings is 1. The van der Waals surface area contributed by atoms with E-state index in [4.69, 9.17) is 0 Å². The SMILES string of the molecule is O=C(NCc1csc(C2CC2)n1)N1CCC[C@H]2CCC[C@H]21. The maximum Gasteiger partial charge on any atom is 0.317 e. The Morgan fingerprint density at radius 1 is 1.29 bits per heavy atom. The molecule has 1 aromatic heterocycles. The van der Waals surface area contributed by atoms with Crippen molar-refractivity contribution in [2.45, 2.75) is 63.5 Å². The van der Waals surface area contributed by atoms with Gasteiger partial charge in [0.15, 0.2) is 0 Å². The van der Waals surface area contributed by atoms with Crippen molar-refractivity contribution in [1.29, 1.82) is 0 Å². The van der Waals surface area contributed by atoms with Crippen molar-refractivity contribution in [2.24, 2.45) is 5.92 Å². The molecule has 2 saturated carbocycles. The van der Waals surface area contributed by atoms with Gasteiger partial charge in [0.05, 0.1) is 17.2 Å². The third-order valence-electron chi connectivity index (χ3n) is 5.17. The van der Waals surface area contributed by atoms with E-state index in [2.05, 4.69) is 20.6 Å². The molecule has 1 saturated heterocycles. The van der Waals surface area contributed by atoms with Crippen molar-refractivity contribution in [3.05, 3.63) is 16.1 Å². The van der Waals surface area contributed by atoms with Crippen LogP contribution in [-0.4, -0.2) is 28.5 Å². The molecule has 0 bridgehead atoms. The van der Waals surface area contributed by atoms with Gasteiger partial charge in [-0.25, -0.2) is 9.78 Å². The zero-order valence-corrected chi connectivity index (χ0v) is 13.2. The number of urea groups is 1. The van der Waals surface area contributed by atoms with Gasteiger partial charge in [0.25, 0.3) is 0 Å². The fourth-order valence-corrected chi connectivity index (χ4v) is 4.89. The molecule has 21 heavy (non-hydrogen) atoms. The van der Waals surface area contributed by atoms with E-state index in [9.17, 15) is 4.79 Å². The van der Waals surface area contributed by atoms with Crippen molar-refractivity contribution in [3.63, 3.8) is 0 Å². The first kappa shape index (κ1) is 13.6. The van der Waals surface area contributed by atoms with Gasteiger partial charge in [0, 0.05) is 23.9 Å². The third-order valence-corrected chi connectivity index (χ3v) is 6.23. The molecule has 1 aromatic rings. The van der Waals surface area contributed by atoms with Crippen molar-refractivity contribution < 1.29 is 4.79 Å². The van der Waals surface area contributed by atoms with Crippen LogP contribution in [0.1, 0.15) is 61.6 Å². The zero-order valence-electron chi connectivity index (χ0n) is 12.4. The predicted molar refractivity (Wildman–Crippen MR) is 83.4 cm³/mol. The number of likely N-dealkylation sites (tertiary alicyclic amines) is 1. The van der Waals surface area contributed by atoms with Gasteiger partial charge in [0.1, 0.15) is 0 Å². The summed E-state index contributed by atoms with van der Waals surface area (Å²) in [6, 6.07) is 0.615. The molecule has 2 aliphatic carbocycles. The molecule has 2 heterocycles. The van der Waals surface area contributed by atoms with E-state index >= 15 is 0 Å². The minimum absolute atomic E-state index is 0.118. The van der Waals surface area contributed by atoms with Crippen LogP contribution in [0.4, 0.5) is 4.79 Å². The van der Waals surface area contributed by atoms with Gasteiger partial charge < -0.3 is 10.2 Å². The summed E-state index contributed by atoms with van der Waals surface area (Å²) in [7, 11) is 0. The third kappa shape index (κ3) is 2.80. The van der Waals surface area contributed by atoms with Crippen LogP contribution in [0.25, 0.3) is 0 Å². The van der Waals surface area contributed by atoms with Gasteiger partial charge in [-0.3, -0.25) is 0 Å². The standard InChI is InChI=1S/C16H23N3OS/c20-16(19-8-2-4-11-3-1-5-14(11)19)17-9-13-10-21-15(18-13)12-6-7-12/h10-12,14H,1-9H2,(H,17,20)/t11-,14-/m1/s1. The second-order valence-corrected chi connectivity index (χ2v) is 7.59. The van der Waals surface area contributed by atoms with E-state index in [0.29, 0.717) is 18.5 Å². The van der Waals surface area contributed by atoms with Crippen LogP contribution in [0.15, 0.2) is 5.38 Å². The highest BCUT2D eigenvalue weighted by Crippen LogP contribution is 2.41. The van der Waals surface area contributed by atoms with Gasteiger partial charge in [-0.1, -0.05) is 6.42 Å². The Morgan fingerprint density at radius 2 is 2.14 bits per heavy atom. The number of fused-ring (bicyclic) bond motifs is 1. The second kappa shape index (κ2) is 5.59. The summed E-state index contributed by atoms with van der Waals surface area (Å²) in [4.78, 5) is 19.2. The lowest BCUT2D eigenvalue weighted by atomic mass is 9.92. The number of carbonyl (C=O) groups excluding carboxylic acids is 1. The van der Waals surface area contributed by atoms with E-state index in [1.807, 2.05) is 0 Å². The fourth-order valence-electron chi connectivity index (χ4n) is 3.90. The van der Waals surface area contributed by atoms with Gasteiger partial charge in [0.2, 0.25) is 0 Å². The Balaban J connectivity index is 1.34. The molecule has 0 aromatic carbocycles. The molecule has 114 valence electrons. The number of aromatic nitrogens is 1. The molecule has 0 radical (unpaired) electrons. The lowest BCUT2D eigenvalue weighted by Gasteiger charge is -2.37. The first-order valence-corrected chi connectivity index (χ1v) is 9.18. The van der Waals surface area contributed by atoms with Crippen LogP contribution >= 0.6 is 11.3 Å². The van der Waals surface area contributed by atoms with E-state index < -0.39 is 0 Å². The number of carbonyl (C=O) groups is 1. The Kier molecular flexibility index (Phi) is 3.61. The molecule has 3 fully saturated rings. The molecule has 1 N–H and O–H groups in total. The highest BCUT2D eigenvalue weighted by atomic mass is 32.1. The topological polar surface area (TPSA) is 45.2 Å². The molecular formula is C16H23N3OS. The lowest BCUT2D eigenvalue weighted by molar-refractivity contribution is 0.128. The minimum atomic E-state index is 0.118. The van der Waals surface area contributed by atoms with Crippen molar-refractivity contribution in [2.75, 3.05) is 6.54 Å². The molecule has 2 atom stereocenters. The maximum absolute atomic E-state index is 12.5. The molecule has 2 amide bonds. The van der Waals surface area contributed by atoms with Gasteiger partial charge in [-0.2, -0.15) is 0 Å². The molecule has 3 aliphatic rings. The van der Waals surface area contributed by atoms with E-state index in [0.717, 1.165) is 24.6 Å². The summed E-state index contributed by atoms with van der Waals surface area (Å²) < 4.78 is 0. The monoisotopic (exact) mass is 305 g/mol. The summed E-state index contributed by atoms with van der Waals surface area (Å²) in [6.07, 6.45) is 8.84. The largest absolute Gasteiger partial charge is 0.332 e. The molecule has 4 nitrogen and oxygen atoms in total. The quantitative estimate of drug-likeness (QED) is 0.929. The smallest absolute Gasteiger partial charge is 0.317 e. The van der Waals surface area contributed by atoms with Crippen LogP contribution < -0.4 is 5.32 Å². The maximum atomic E-state index is 12.5. The summed E-state index contributed by atoms with van der Waals surface area (Å²) in [5.74, 6) is 1.46. The lowest BCUT2D eigenvalue weighted by Crippen LogP contribution is -2.50. The summed E-state index contributed by atoms with van der Waals surface area (Å²) in [5.41, 5.74) is 1.02. The zero-order chi connectivity index (χ0) is 14.2. The first-order chi connectivity index (χ1) is 10.3. The van der Waals surface area contributed by atoms with Crippen molar-refractivity contribution >= 4 is 17.4 Å². The van der Waals surface area contributed by atoms with Crippen LogP contribution in [-0.2, 0) is 6.54 Å². The normalized spacial score (nSPS) is 28.5. The molecule has 5 heteroatoms. The highest BCUT2D eigenvalue weighted by Gasteiger charge is 2.37. The van der Waals surface area contributed by atoms with Crippen LogP contribution in [0.5, 0.6) is 0 Å². The van der Waals surface area contributed by atoms with E-state index in [1.54, 1.807) is 11.3 Å². The number of nitrogens with zero attached hydrogens (tertiary/aromatic N) is 2. The van der Waals surface area contributed by atoms with Gasteiger partial charge in [-0.15, -0.1) is 11.3 Å². The number of rotatable bonds is 3. The summed E-state index contributed by atoms with van der Waals surface area (Å²) >= 11 is 1.75.